The maximum atomic E-state index is 11.9. The Hall–Kier alpha value is -1.11. The van der Waals surface area contributed by atoms with Crippen LogP contribution in [0.3, 0.4) is 0 Å². The number of carbonyl (C=O) groups excluding carboxylic acids is 1. The molecule has 6 unspecified atom stereocenters. The van der Waals surface area contributed by atoms with Gasteiger partial charge in [0.05, 0.1) is 0 Å². The summed E-state index contributed by atoms with van der Waals surface area (Å²) >= 11 is 0. The van der Waals surface area contributed by atoms with E-state index in [-0.39, 0.29) is 11.2 Å². The molecule has 0 spiro atoms. The second-order valence-corrected chi connectivity index (χ2v) is 9.82. The second kappa shape index (κ2) is 4.96. The molecule has 1 heteroatoms. The molecule has 6 atom stereocenters. The zero-order valence-corrected chi connectivity index (χ0v) is 15.8. The molecule has 0 aromatic rings. The van der Waals surface area contributed by atoms with Crippen LogP contribution in [0, 0.1) is 34.0 Å². The van der Waals surface area contributed by atoms with E-state index >= 15 is 0 Å². The van der Waals surface area contributed by atoms with E-state index in [1.807, 2.05) is 12.2 Å². The molecule has 0 aromatic carbocycles. The zero-order valence-electron chi connectivity index (χ0n) is 15.8. The van der Waals surface area contributed by atoms with E-state index in [0.717, 1.165) is 12.3 Å². The molecular weight excluding hydrogens is 292 g/mol. The van der Waals surface area contributed by atoms with Gasteiger partial charge in [0.25, 0.3) is 0 Å². The molecule has 24 heavy (non-hydrogen) atoms. The number of rotatable bonds is 1. The molecule has 4 rings (SSSR count). The average Bonchev–Trinajstić information content (AvgIpc) is 2.87. The monoisotopic (exact) mass is 324 g/mol. The maximum Gasteiger partial charge on any atom is 0.178 e. The van der Waals surface area contributed by atoms with Crippen LogP contribution >= 0.6 is 0 Å². The molecular formula is C23H32O. The smallest absolute Gasteiger partial charge is 0.178 e. The summed E-state index contributed by atoms with van der Waals surface area (Å²) in [5, 5.41) is 0. The van der Waals surface area contributed by atoms with Crippen LogP contribution in [-0.2, 0) is 4.79 Å². The summed E-state index contributed by atoms with van der Waals surface area (Å²) in [5.74, 6) is 2.37. The Kier molecular flexibility index (Phi) is 3.38. The highest BCUT2D eigenvalue weighted by molar-refractivity contribution is 6.01. The standard InChI is InChI=1S/C23H32O/c1-15(2)18-6-7-19-22(18,4)13-10-20-21(3)12-9-17(24)14-16(21)8-11-23(19,20)5/h9,12,14,18-20H,1,6-8,10-11,13H2,2-5H3. The van der Waals surface area contributed by atoms with Crippen LogP contribution in [0.25, 0.3) is 0 Å². The Morgan fingerprint density at radius 2 is 1.83 bits per heavy atom. The fraction of sp³-hybridized carbons (Fsp3) is 0.696. The highest BCUT2D eigenvalue weighted by atomic mass is 16.1. The predicted octanol–water partition coefficient (Wildman–Crippen LogP) is 5.88. The molecule has 130 valence electrons. The Morgan fingerprint density at radius 1 is 1.08 bits per heavy atom. The zero-order chi connectivity index (χ0) is 17.3. The molecule has 0 aromatic heterocycles. The molecule has 0 amide bonds. The van der Waals surface area contributed by atoms with E-state index in [1.165, 1.54) is 43.3 Å². The summed E-state index contributed by atoms with van der Waals surface area (Å²) in [6.07, 6.45) is 13.7. The van der Waals surface area contributed by atoms with Gasteiger partial charge >= 0.3 is 0 Å². The van der Waals surface area contributed by atoms with Crippen molar-refractivity contribution in [2.75, 3.05) is 0 Å². The third-order valence-corrected chi connectivity index (χ3v) is 8.75. The minimum Gasteiger partial charge on any atom is -0.290 e. The topological polar surface area (TPSA) is 17.1 Å². The minimum absolute atomic E-state index is 0.101. The Bertz CT molecular complexity index is 668. The molecule has 3 fully saturated rings. The first-order valence-electron chi connectivity index (χ1n) is 9.81. The molecule has 3 saturated carbocycles. The lowest BCUT2D eigenvalue weighted by Crippen LogP contribution is -2.55. The number of carbonyl (C=O) groups is 1. The normalized spacial score (nSPS) is 49.9. The lowest BCUT2D eigenvalue weighted by Gasteiger charge is -2.63. The van der Waals surface area contributed by atoms with Crippen LogP contribution < -0.4 is 0 Å². The Balaban J connectivity index is 1.75. The molecule has 4 aliphatic carbocycles. The summed E-state index contributed by atoms with van der Waals surface area (Å²) in [7, 11) is 0. The molecule has 0 bridgehead atoms. The van der Waals surface area contributed by atoms with Gasteiger partial charge in [-0.1, -0.05) is 44.6 Å². The van der Waals surface area contributed by atoms with Crippen LogP contribution in [0.5, 0.6) is 0 Å². The van der Waals surface area contributed by atoms with Crippen LogP contribution in [0.4, 0.5) is 0 Å². The van der Waals surface area contributed by atoms with Crippen molar-refractivity contribution in [1.29, 1.82) is 0 Å². The first-order chi connectivity index (χ1) is 11.2. The number of hydrogen-bond acceptors (Lipinski definition) is 1. The maximum absolute atomic E-state index is 11.9. The Labute approximate surface area is 147 Å². The van der Waals surface area contributed by atoms with Crippen molar-refractivity contribution in [3.8, 4) is 0 Å². The third-order valence-electron chi connectivity index (χ3n) is 8.75. The van der Waals surface area contributed by atoms with Gasteiger partial charge in [0.15, 0.2) is 5.78 Å². The van der Waals surface area contributed by atoms with Gasteiger partial charge in [-0.15, -0.1) is 0 Å². The lowest BCUT2D eigenvalue weighted by atomic mass is 9.41. The number of allylic oxidation sites excluding steroid dienone is 5. The van der Waals surface area contributed by atoms with Gasteiger partial charge in [0.1, 0.15) is 0 Å². The van der Waals surface area contributed by atoms with Crippen LogP contribution in [0.1, 0.15) is 66.2 Å². The summed E-state index contributed by atoms with van der Waals surface area (Å²) in [4.78, 5) is 11.9. The van der Waals surface area contributed by atoms with E-state index in [0.29, 0.717) is 22.7 Å². The van der Waals surface area contributed by atoms with Crippen molar-refractivity contribution in [3.05, 3.63) is 36.0 Å². The van der Waals surface area contributed by atoms with Gasteiger partial charge in [-0.25, -0.2) is 0 Å². The van der Waals surface area contributed by atoms with Gasteiger partial charge in [-0.2, -0.15) is 0 Å². The van der Waals surface area contributed by atoms with Crippen molar-refractivity contribution in [2.45, 2.75) is 66.2 Å². The SMILES string of the molecule is C=C(C)C1CCC2C1(C)CCC1C3(C)C=CC(=O)C=C3CCC12C. The largest absolute Gasteiger partial charge is 0.290 e. The summed E-state index contributed by atoms with van der Waals surface area (Å²) in [6, 6.07) is 0. The first-order valence-corrected chi connectivity index (χ1v) is 9.81. The van der Waals surface area contributed by atoms with Crippen molar-refractivity contribution in [1.82, 2.24) is 0 Å². The fourth-order valence-electron chi connectivity index (χ4n) is 7.66. The molecule has 0 saturated heterocycles. The van der Waals surface area contributed by atoms with Gasteiger partial charge in [-0.3, -0.25) is 4.79 Å². The highest BCUT2D eigenvalue weighted by Crippen LogP contribution is 2.71. The van der Waals surface area contributed by atoms with Crippen molar-refractivity contribution in [3.63, 3.8) is 0 Å². The van der Waals surface area contributed by atoms with Gasteiger partial charge < -0.3 is 0 Å². The molecule has 1 nitrogen and oxygen atoms in total. The van der Waals surface area contributed by atoms with Gasteiger partial charge in [0, 0.05) is 5.41 Å². The van der Waals surface area contributed by atoms with Crippen molar-refractivity contribution >= 4 is 5.78 Å². The van der Waals surface area contributed by atoms with Crippen LogP contribution in [0.15, 0.2) is 36.0 Å². The Morgan fingerprint density at radius 3 is 2.54 bits per heavy atom. The van der Waals surface area contributed by atoms with Crippen LogP contribution in [0.2, 0.25) is 0 Å². The van der Waals surface area contributed by atoms with E-state index in [9.17, 15) is 4.79 Å². The van der Waals surface area contributed by atoms with Crippen molar-refractivity contribution in [2.24, 2.45) is 34.0 Å². The molecule has 0 N–H and O–H groups in total. The van der Waals surface area contributed by atoms with E-state index < -0.39 is 0 Å². The first kappa shape index (κ1) is 16.4. The van der Waals surface area contributed by atoms with E-state index in [4.69, 9.17) is 0 Å². The molecule has 0 aliphatic heterocycles. The fourth-order valence-corrected chi connectivity index (χ4v) is 7.66. The van der Waals surface area contributed by atoms with E-state index in [2.05, 4.69) is 40.3 Å². The lowest BCUT2D eigenvalue weighted by molar-refractivity contribution is -0.112. The quantitative estimate of drug-likeness (QED) is 0.551. The summed E-state index contributed by atoms with van der Waals surface area (Å²) in [5.41, 5.74) is 3.73. The molecule has 4 aliphatic rings. The third kappa shape index (κ3) is 1.90. The van der Waals surface area contributed by atoms with Gasteiger partial charge in [-0.05, 0) is 86.2 Å². The summed E-state index contributed by atoms with van der Waals surface area (Å²) in [6.45, 7) is 14.1. The molecule has 0 heterocycles. The highest BCUT2D eigenvalue weighted by Gasteiger charge is 2.63. The predicted molar refractivity (Wildman–Crippen MR) is 99.5 cm³/mol. The minimum atomic E-state index is 0.101. The van der Waals surface area contributed by atoms with Crippen molar-refractivity contribution < 1.29 is 4.79 Å². The average molecular weight is 325 g/mol. The number of fused-ring (bicyclic) bond motifs is 5. The summed E-state index contributed by atoms with van der Waals surface area (Å²) < 4.78 is 0. The molecule has 0 radical (unpaired) electrons. The van der Waals surface area contributed by atoms with Crippen LogP contribution in [-0.4, -0.2) is 5.78 Å². The number of ketones is 1. The van der Waals surface area contributed by atoms with Gasteiger partial charge in [0.2, 0.25) is 0 Å². The number of hydrogen-bond donors (Lipinski definition) is 0. The van der Waals surface area contributed by atoms with E-state index in [1.54, 1.807) is 0 Å². The second-order valence-electron chi connectivity index (χ2n) is 9.82.